The van der Waals surface area contributed by atoms with Gasteiger partial charge in [0.1, 0.15) is 5.78 Å². The molecule has 40 heavy (non-hydrogen) atoms. The number of nitriles is 1. The lowest BCUT2D eigenvalue weighted by Crippen LogP contribution is -2.33. The Morgan fingerprint density at radius 1 is 1.20 bits per heavy atom. The van der Waals surface area contributed by atoms with Crippen molar-refractivity contribution in [2.45, 2.75) is 90.7 Å². The summed E-state index contributed by atoms with van der Waals surface area (Å²) in [6, 6.07) is 17.6. The van der Waals surface area contributed by atoms with Crippen molar-refractivity contribution >= 4 is 5.78 Å². The van der Waals surface area contributed by atoms with Gasteiger partial charge in [-0.25, -0.2) is 0 Å². The van der Waals surface area contributed by atoms with E-state index in [1.165, 1.54) is 27.8 Å². The molecular formula is C36H54N2O2. The number of aryl methyl sites for hydroxylation is 1. The Morgan fingerprint density at radius 2 is 1.90 bits per heavy atom. The normalized spacial score (nSPS) is 17.9. The van der Waals surface area contributed by atoms with E-state index in [0.717, 1.165) is 51.5 Å². The van der Waals surface area contributed by atoms with Gasteiger partial charge in [0, 0.05) is 22.3 Å². The fourth-order valence-electron chi connectivity index (χ4n) is 4.96. The smallest absolute Gasteiger partial charge is 0.133 e. The van der Waals surface area contributed by atoms with E-state index in [1.54, 1.807) is 14.0 Å². The standard InChI is InChI=1S/C28H36N2O.C8H14O.2H2/c1-5-7-24-15-23(12-13-26(24)28-16-27(28)20(4)31)22-10-8-21(9-11-22)14-25(17-29)30-18-19(3)6-2;1-4-6-7-8(5-2)9-3;;/h8-13,15,19,25,27-28,30H,5-7,14,16,18H2,1-4H3;4-5,8H,1-2,6-7H2,3H3;2*1H/t19-,25-,27?,28?;;;/m0.../s1. The molecule has 220 valence electrons. The molecule has 3 unspecified atom stereocenters. The van der Waals surface area contributed by atoms with Gasteiger partial charge in [-0.15, -0.1) is 13.2 Å². The van der Waals surface area contributed by atoms with Crippen molar-refractivity contribution in [3.8, 4) is 17.2 Å². The number of ketones is 1. The Hall–Kier alpha value is -3.00. The number of nitrogens with one attached hydrogen (secondary N) is 1. The fraction of sp³-hybridized carbons (Fsp3) is 0.500. The summed E-state index contributed by atoms with van der Waals surface area (Å²) in [7, 11) is 1.69. The monoisotopic (exact) mass is 546 g/mol. The molecule has 0 saturated heterocycles. The van der Waals surface area contributed by atoms with Crippen LogP contribution in [-0.2, 0) is 22.4 Å². The second-order valence-corrected chi connectivity index (χ2v) is 11.1. The molecule has 5 atom stereocenters. The Balaban J connectivity index is 0.00000133. The number of Topliss-reactive ketones (excluding diaryl/α,β-unsaturated/α-hetero) is 1. The lowest BCUT2D eigenvalue weighted by atomic mass is 9.93. The topological polar surface area (TPSA) is 62.1 Å². The van der Waals surface area contributed by atoms with Crippen molar-refractivity contribution < 1.29 is 12.4 Å². The van der Waals surface area contributed by atoms with Gasteiger partial charge in [-0.05, 0) is 78.8 Å². The summed E-state index contributed by atoms with van der Waals surface area (Å²) in [6.45, 7) is 16.4. The summed E-state index contributed by atoms with van der Waals surface area (Å²) in [4.78, 5) is 11.7. The highest BCUT2D eigenvalue weighted by Crippen LogP contribution is 2.49. The number of rotatable bonds is 16. The number of hydrogen-bond donors (Lipinski definition) is 1. The van der Waals surface area contributed by atoms with Gasteiger partial charge in [0.05, 0.1) is 18.2 Å². The van der Waals surface area contributed by atoms with Crippen LogP contribution in [0.5, 0.6) is 0 Å². The highest BCUT2D eigenvalue weighted by Gasteiger charge is 2.42. The number of ether oxygens (including phenoxy) is 1. The van der Waals surface area contributed by atoms with Crippen LogP contribution in [-0.4, -0.2) is 31.6 Å². The minimum atomic E-state index is -0.150. The second kappa shape index (κ2) is 17.6. The van der Waals surface area contributed by atoms with Crippen molar-refractivity contribution in [3.05, 3.63) is 84.5 Å². The fourth-order valence-corrected chi connectivity index (χ4v) is 4.96. The molecule has 0 spiro atoms. The summed E-state index contributed by atoms with van der Waals surface area (Å²) in [5, 5.41) is 12.9. The maximum atomic E-state index is 11.7. The summed E-state index contributed by atoms with van der Waals surface area (Å²) < 4.78 is 5.04. The van der Waals surface area contributed by atoms with Crippen LogP contribution < -0.4 is 5.32 Å². The molecule has 2 aromatic carbocycles. The van der Waals surface area contributed by atoms with Gasteiger partial charge in [0.15, 0.2) is 0 Å². The number of carbonyl (C=O) groups excluding carboxylic acids is 1. The third-order valence-electron chi connectivity index (χ3n) is 7.89. The zero-order valence-corrected chi connectivity index (χ0v) is 25.4. The zero-order chi connectivity index (χ0) is 29.5. The van der Waals surface area contributed by atoms with Crippen LogP contribution in [0.25, 0.3) is 11.1 Å². The molecule has 0 radical (unpaired) electrons. The average molecular weight is 547 g/mol. The van der Waals surface area contributed by atoms with Crippen molar-refractivity contribution in [2.75, 3.05) is 13.7 Å². The van der Waals surface area contributed by atoms with Gasteiger partial charge in [0.25, 0.3) is 0 Å². The Morgan fingerprint density at radius 3 is 2.42 bits per heavy atom. The van der Waals surface area contributed by atoms with Crippen LogP contribution in [0.1, 0.15) is 85.3 Å². The first-order chi connectivity index (χ1) is 19.3. The molecule has 1 N–H and O–H groups in total. The highest BCUT2D eigenvalue weighted by molar-refractivity contribution is 5.82. The summed E-state index contributed by atoms with van der Waals surface area (Å²) in [5.41, 5.74) is 6.36. The molecule has 1 fully saturated rings. The first-order valence-electron chi connectivity index (χ1n) is 14.9. The SMILES string of the molecule is C=CCCC(C=C)OC.CCCc1cc(-c2ccc(C[C@@H](C#N)NC[C@@H](C)CC)cc2)ccc1C1CC1C(C)=O.[HH].[HH]. The second-order valence-electron chi connectivity index (χ2n) is 11.1. The molecule has 1 saturated carbocycles. The van der Waals surface area contributed by atoms with Crippen molar-refractivity contribution in [1.29, 1.82) is 5.26 Å². The van der Waals surface area contributed by atoms with E-state index in [-0.39, 0.29) is 20.9 Å². The lowest BCUT2D eigenvalue weighted by Gasteiger charge is -2.15. The van der Waals surface area contributed by atoms with E-state index in [0.29, 0.717) is 17.6 Å². The van der Waals surface area contributed by atoms with Gasteiger partial charge in [-0.2, -0.15) is 5.26 Å². The first-order valence-corrected chi connectivity index (χ1v) is 14.9. The minimum Gasteiger partial charge on any atom is -0.377 e. The Bertz CT molecular complexity index is 1130. The molecule has 1 aliphatic carbocycles. The van der Waals surface area contributed by atoms with Crippen LogP contribution in [0.3, 0.4) is 0 Å². The predicted octanol–water partition coefficient (Wildman–Crippen LogP) is 8.71. The van der Waals surface area contributed by atoms with E-state index in [1.807, 2.05) is 12.2 Å². The van der Waals surface area contributed by atoms with Crippen LogP contribution in [0.4, 0.5) is 0 Å². The predicted molar refractivity (Wildman–Crippen MR) is 173 cm³/mol. The largest absolute Gasteiger partial charge is 0.377 e. The summed E-state index contributed by atoms with van der Waals surface area (Å²) in [5.74, 6) is 1.55. The van der Waals surface area contributed by atoms with Crippen LogP contribution in [0, 0.1) is 23.2 Å². The maximum Gasteiger partial charge on any atom is 0.133 e. The van der Waals surface area contributed by atoms with Crippen LogP contribution >= 0.6 is 0 Å². The Kier molecular flexibility index (Phi) is 14.6. The van der Waals surface area contributed by atoms with E-state index < -0.39 is 0 Å². The van der Waals surface area contributed by atoms with Gasteiger partial charge in [0.2, 0.25) is 0 Å². The summed E-state index contributed by atoms with van der Waals surface area (Å²) in [6.07, 6.45) is 10.9. The molecule has 0 heterocycles. The molecular weight excluding hydrogens is 492 g/mol. The molecule has 4 heteroatoms. The number of carbonyl (C=O) groups is 1. The van der Waals surface area contributed by atoms with Crippen molar-refractivity contribution in [2.24, 2.45) is 11.8 Å². The van der Waals surface area contributed by atoms with Gasteiger partial charge in [-0.3, -0.25) is 4.79 Å². The van der Waals surface area contributed by atoms with Gasteiger partial charge < -0.3 is 10.1 Å². The zero-order valence-electron chi connectivity index (χ0n) is 25.4. The van der Waals surface area contributed by atoms with Gasteiger partial charge >= 0.3 is 0 Å². The summed E-state index contributed by atoms with van der Waals surface area (Å²) >= 11 is 0. The third-order valence-corrected chi connectivity index (χ3v) is 7.89. The number of benzene rings is 2. The first kappa shape index (κ1) is 33.2. The molecule has 0 amide bonds. The van der Waals surface area contributed by atoms with Crippen molar-refractivity contribution in [1.82, 2.24) is 5.32 Å². The van der Waals surface area contributed by atoms with Crippen LogP contribution in [0.15, 0.2) is 67.8 Å². The minimum absolute atomic E-state index is 0. The van der Waals surface area contributed by atoms with Crippen molar-refractivity contribution in [3.63, 3.8) is 0 Å². The molecule has 0 aromatic heterocycles. The highest BCUT2D eigenvalue weighted by atomic mass is 16.5. The lowest BCUT2D eigenvalue weighted by molar-refractivity contribution is -0.118. The Labute approximate surface area is 246 Å². The quantitative estimate of drug-likeness (QED) is 0.214. The number of allylic oxidation sites excluding steroid dienone is 1. The molecule has 2 aromatic rings. The number of methoxy groups -OCH3 is 1. The van der Waals surface area contributed by atoms with E-state index in [2.05, 4.69) is 87.8 Å². The van der Waals surface area contributed by atoms with E-state index in [4.69, 9.17) is 4.74 Å². The van der Waals surface area contributed by atoms with Crippen LogP contribution in [0.2, 0.25) is 0 Å². The molecule has 0 bridgehead atoms. The third kappa shape index (κ3) is 10.5. The molecule has 0 aliphatic heterocycles. The molecule has 3 rings (SSSR count). The van der Waals surface area contributed by atoms with E-state index in [9.17, 15) is 10.1 Å². The molecule has 1 aliphatic rings. The van der Waals surface area contributed by atoms with Gasteiger partial charge in [-0.1, -0.05) is 88.2 Å². The number of nitrogens with zero attached hydrogens (tertiary/aromatic N) is 1. The molecule has 4 nitrogen and oxygen atoms in total. The maximum absolute atomic E-state index is 11.7. The van der Waals surface area contributed by atoms with E-state index >= 15 is 0 Å². The average Bonchev–Trinajstić information content (AvgIpc) is 3.78. The number of hydrogen-bond acceptors (Lipinski definition) is 4.